The van der Waals surface area contributed by atoms with E-state index in [1.807, 2.05) is 19.9 Å². The van der Waals surface area contributed by atoms with Crippen LogP contribution in [0.5, 0.6) is 5.75 Å². The predicted octanol–water partition coefficient (Wildman–Crippen LogP) is 3.33. The van der Waals surface area contributed by atoms with Crippen LogP contribution in [0.25, 0.3) is 0 Å². The van der Waals surface area contributed by atoms with Crippen molar-refractivity contribution in [3.05, 3.63) is 65.0 Å². The molecule has 0 aliphatic carbocycles. The number of fused-ring (bicyclic) bond motifs is 1. The summed E-state index contributed by atoms with van der Waals surface area (Å²) in [4.78, 5) is 14.7. The second kappa shape index (κ2) is 9.00. The summed E-state index contributed by atoms with van der Waals surface area (Å²) in [6.07, 6.45) is 1.63. The van der Waals surface area contributed by atoms with Crippen LogP contribution in [0.4, 0.5) is 4.39 Å². The summed E-state index contributed by atoms with van der Waals surface area (Å²) >= 11 is 0. The van der Waals surface area contributed by atoms with Crippen LogP contribution in [0, 0.1) is 5.82 Å². The smallest absolute Gasteiger partial charge is 0.237 e. The Bertz CT molecular complexity index is 776. The second-order valence-electron chi connectivity index (χ2n) is 6.93. The first kappa shape index (κ1) is 19.4. The van der Waals surface area contributed by atoms with E-state index >= 15 is 0 Å². The Morgan fingerprint density at radius 2 is 2.00 bits per heavy atom. The SMILES string of the molecule is CCOc1ccc2c(c1)CN(C(C)C(=O)NCCc1ccc(F)cc1)CC2. The predicted molar refractivity (Wildman–Crippen MR) is 104 cm³/mol. The molecule has 2 aromatic rings. The third kappa shape index (κ3) is 5.07. The number of carbonyl (C=O) groups is 1. The lowest BCUT2D eigenvalue weighted by Crippen LogP contribution is -2.47. The van der Waals surface area contributed by atoms with Crippen LogP contribution < -0.4 is 10.1 Å². The Kier molecular flexibility index (Phi) is 6.45. The molecule has 1 unspecified atom stereocenters. The fraction of sp³-hybridized carbons (Fsp3) is 0.409. The van der Waals surface area contributed by atoms with Crippen molar-refractivity contribution in [3.8, 4) is 5.75 Å². The molecule has 2 aromatic carbocycles. The lowest BCUT2D eigenvalue weighted by atomic mass is 9.98. The molecule has 1 aliphatic rings. The Hall–Kier alpha value is -2.40. The van der Waals surface area contributed by atoms with Gasteiger partial charge >= 0.3 is 0 Å². The minimum absolute atomic E-state index is 0.0292. The van der Waals surface area contributed by atoms with Crippen LogP contribution in [0.1, 0.15) is 30.5 Å². The molecule has 144 valence electrons. The first-order valence-corrected chi connectivity index (χ1v) is 9.57. The van der Waals surface area contributed by atoms with Crippen LogP contribution in [0.3, 0.4) is 0 Å². The van der Waals surface area contributed by atoms with Crippen LogP contribution in [0.15, 0.2) is 42.5 Å². The standard InChI is InChI=1S/C22H27FN2O2/c1-3-27-21-9-6-18-11-13-25(15-19(18)14-21)16(2)22(26)24-12-10-17-4-7-20(23)8-5-17/h4-9,14,16H,3,10-13,15H2,1-2H3,(H,24,26). The number of carbonyl (C=O) groups excluding carboxylic acids is 1. The van der Waals surface area contributed by atoms with Gasteiger partial charge in [0, 0.05) is 19.6 Å². The Morgan fingerprint density at radius 3 is 2.74 bits per heavy atom. The minimum Gasteiger partial charge on any atom is -0.494 e. The lowest BCUT2D eigenvalue weighted by molar-refractivity contribution is -0.126. The van der Waals surface area contributed by atoms with Gasteiger partial charge in [-0.2, -0.15) is 0 Å². The Labute approximate surface area is 160 Å². The number of nitrogens with one attached hydrogen (secondary N) is 1. The zero-order valence-corrected chi connectivity index (χ0v) is 16.0. The van der Waals surface area contributed by atoms with Crippen molar-refractivity contribution in [3.63, 3.8) is 0 Å². The third-order valence-electron chi connectivity index (χ3n) is 5.08. The summed E-state index contributed by atoms with van der Waals surface area (Å²) in [5, 5.41) is 3.00. The molecule has 1 aliphatic heterocycles. The molecule has 0 bridgehead atoms. The van der Waals surface area contributed by atoms with E-state index in [9.17, 15) is 9.18 Å². The number of benzene rings is 2. The highest BCUT2D eigenvalue weighted by atomic mass is 19.1. The molecule has 1 heterocycles. The Morgan fingerprint density at radius 1 is 1.22 bits per heavy atom. The molecule has 4 nitrogen and oxygen atoms in total. The van der Waals surface area contributed by atoms with Gasteiger partial charge in [0.25, 0.3) is 0 Å². The van der Waals surface area contributed by atoms with Crippen LogP contribution in [-0.4, -0.2) is 36.5 Å². The topological polar surface area (TPSA) is 41.6 Å². The molecule has 0 aromatic heterocycles. The van der Waals surface area contributed by atoms with Crippen LogP contribution >= 0.6 is 0 Å². The summed E-state index contributed by atoms with van der Waals surface area (Å²) in [7, 11) is 0. The molecule has 1 N–H and O–H groups in total. The molecule has 1 atom stereocenters. The van der Waals surface area contributed by atoms with Gasteiger partial charge in [-0.15, -0.1) is 0 Å². The number of rotatable bonds is 7. The summed E-state index contributed by atoms with van der Waals surface area (Å²) in [6.45, 7) is 6.74. The van der Waals surface area contributed by atoms with Gasteiger partial charge in [0.2, 0.25) is 5.91 Å². The van der Waals surface area contributed by atoms with Crippen molar-refractivity contribution < 1.29 is 13.9 Å². The maximum absolute atomic E-state index is 12.9. The largest absolute Gasteiger partial charge is 0.494 e. The Balaban J connectivity index is 1.52. The number of hydrogen-bond acceptors (Lipinski definition) is 3. The number of ether oxygens (including phenoxy) is 1. The number of nitrogens with zero attached hydrogens (tertiary/aromatic N) is 1. The second-order valence-corrected chi connectivity index (χ2v) is 6.93. The van der Waals surface area contributed by atoms with Crippen molar-refractivity contribution in [1.29, 1.82) is 0 Å². The van der Waals surface area contributed by atoms with Gasteiger partial charge in [-0.05, 0) is 67.6 Å². The fourth-order valence-corrected chi connectivity index (χ4v) is 3.44. The number of hydrogen-bond donors (Lipinski definition) is 1. The zero-order valence-electron chi connectivity index (χ0n) is 16.0. The zero-order chi connectivity index (χ0) is 19.2. The van der Waals surface area contributed by atoms with E-state index in [1.165, 1.54) is 23.3 Å². The van der Waals surface area contributed by atoms with Crippen LogP contribution in [0.2, 0.25) is 0 Å². The highest BCUT2D eigenvalue weighted by molar-refractivity contribution is 5.81. The number of halogens is 1. The van der Waals surface area contributed by atoms with Gasteiger partial charge in [-0.1, -0.05) is 18.2 Å². The van der Waals surface area contributed by atoms with E-state index in [1.54, 1.807) is 12.1 Å². The average Bonchev–Trinajstić information content (AvgIpc) is 2.68. The molecule has 5 heteroatoms. The van der Waals surface area contributed by atoms with E-state index in [4.69, 9.17) is 4.74 Å². The first-order valence-electron chi connectivity index (χ1n) is 9.57. The van der Waals surface area contributed by atoms with Gasteiger partial charge in [-0.3, -0.25) is 9.69 Å². The molecule has 0 saturated heterocycles. The van der Waals surface area contributed by atoms with Gasteiger partial charge in [0.15, 0.2) is 0 Å². The van der Waals surface area contributed by atoms with Gasteiger partial charge in [0.1, 0.15) is 11.6 Å². The molecular weight excluding hydrogens is 343 g/mol. The highest BCUT2D eigenvalue weighted by Crippen LogP contribution is 2.25. The van der Waals surface area contributed by atoms with Crippen molar-refractivity contribution in [2.45, 2.75) is 39.3 Å². The van der Waals surface area contributed by atoms with Gasteiger partial charge in [-0.25, -0.2) is 4.39 Å². The maximum atomic E-state index is 12.9. The van der Waals surface area contributed by atoms with E-state index < -0.39 is 0 Å². The normalized spacial score (nSPS) is 15.1. The number of amides is 1. The van der Waals surface area contributed by atoms with Crippen molar-refractivity contribution in [2.24, 2.45) is 0 Å². The molecule has 0 radical (unpaired) electrons. The summed E-state index contributed by atoms with van der Waals surface area (Å²) in [6, 6.07) is 12.4. The van der Waals surface area contributed by atoms with Gasteiger partial charge in [0.05, 0.1) is 12.6 Å². The lowest BCUT2D eigenvalue weighted by Gasteiger charge is -2.33. The summed E-state index contributed by atoms with van der Waals surface area (Å²) in [5.74, 6) is 0.672. The molecular formula is C22H27FN2O2. The van der Waals surface area contributed by atoms with E-state index in [2.05, 4.69) is 22.3 Å². The van der Waals surface area contributed by atoms with Crippen LogP contribution in [-0.2, 0) is 24.2 Å². The third-order valence-corrected chi connectivity index (χ3v) is 5.08. The average molecular weight is 370 g/mol. The van der Waals surface area contributed by atoms with E-state index in [0.717, 1.165) is 30.8 Å². The monoisotopic (exact) mass is 370 g/mol. The summed E-state index contributed by atoms with van der Waals surface area (Å²) < 4.78 is 18.5. The van der Waals surface area contributed by atoms with Crippen molar-refractivity contribution >= 4 is 5.91 Å². The van der Waals surface area contributed by atoms with Gasteiger partial charge < -0.3 is 10.1 Å². The molecule has 1 amide bonds. The maximum Gasteiger partial charge on any atom is 0.237 e. The minimum atomic E-state index is -0.241. The summed E-state index contributed by atoms with van der Waals surface area (Å²) in [5.41, 5.74) is 3.58. The van der Waals surface area contributed by atoms with Crippen molar-refractivity contribution in [1.82, 2.24) is 10.2 Å². The first-order chi connectivity index (χ1) is 13.1. The molecule has 0 fully saturated rings. The molecule has 0 saturated carbocycles. The van der Waals surface area contributed by atoms with E-state index in [0.29, 0.717) is 19.6 Å². The molecule has 3 rings (SSSR count). The molecule has 0 spiro atoms. The van der Waals surface area contributed by atoms with E-state index in [-0.39, 0.29) is 17.8 Å². The molecule has 27 heavy (non-hydrogen) atoms. The van der Waals surface area contributed by atoms with Crippen molar-refractivity contribution in [2.75, 3.05) is 19.7 Å². The highest BCUT2D eigenvalue weighted by Gasteiger charge is 2.25. The quantitative estimate of drug-likeness (QED) is 0.813. The fourth-order valence-electron chi connectivity index (χ4n) is 3.44.